The predicted octanol–water partition coefficient (Wildman–Crippen LogP) is 0.851. The summed E-state index contributed by atoms with van der Waals surface area (Å²) in [6.45, 7) is 0. The molecule has 0 amide bonds. The fourth-order valence-corrected chi connectivity index (χ4v) is 2.20. The van der Waals surface area contributed by atoms with Crippen molar-refractivity contribution in [3.63, 3.8) is 0 Å². The van der Waals surface area contributed by atoms with Crippen LogP contribution in [0.4, 0.5) is 4.39 Å². The van der Waals surface area contributed by atoms with Gasteiger partial charge in [0.2, 0.25) is 0 Å². The summed E-state index contributed by atoms with van der Waals surface area (Å²) in [4.78, 5) is 0. The molecular weight excluding hydrogens is 242 g/mol. The number of nitrogens with zero attached hydrogens (tertiary/aromatic N) is 2. The molecule has 0 unspecified atom stereocenters. The summed E-state index contributed by atoms with van der Waals surface area (Å²) in [5.41, 5.74) is 1.94. The smallest absolute Gasteiger partial charge is 0.146 e. The number of benzene rings is 1. The van der Waals surface area contributed by atoms with Crippen molar-refractivity contribution in [3.8, 4) is 0 Å². The molecular formula is C6H3BBrFN2S. The maximum absolute atomic E-state index is 13.1. The zero-order valence-corrected chi connectivity index (χ0v) is 8.54. The lowest BCUT2D eigenvalue weighted by molar-refractivity contribution is 0.636. The van der Waals surface area contributed by atoms with Gasteiger partial charge in [0.15, 0.2) is 0 Å². The van der Waals surface area contributed by atoms with Crippen molar-refractivity contribution in [2.45, 2.75) is 0 Å². The van der Waals surface area contributed by atoms with Gasteiger partial charge in [0.25, 0.3) is 0 Å². The van der Waals surface area contributed by atoms with Gasteiger partial charge < -0.3 is 0 Å². The van der Waals surface area contributed by atoms with Crippen molar-refractivity contribution >= 4 is 52.0 Å². The van der Waals surface area contributed by atoms with Gasteiger partial charge in [-0.2, -0.15) is 8.75 Å². The Morgan fingerprint density at radius 2 is 2.08 bits per heavy atom. The summed E-state index contributed by atoms with van der Waals surface area (Å²) >= 11 is 4.32. The van der Waals surface area contributed by atoms with Gasteiger partial charge in [0.1, 0.15) is 24.7 Å². The third-order valence-corrected chi connectivity index (χ3v) is 2.81. The molecule has 6 heteroatoms. The van der Waals surface area contributed by atoms with Crippen molar-refractivity contribution in [1.29, 1.82) is 0 Å². The van der Waals surface area contributed by atoms with Crippen molar-refractivity contribution < 1.29 is 4.39 Å². The second kappa shape index (κ2) is 2.78. The molecule has 2 nitrogen and oxygen atoms in total. The van der Waals surface area contributed by atoms with Crippen LogP contribution in [0.15, 0.2) is 10.5 Å². The SMILES string of the molecule is Bc1c(F)cc(Br)c2nsnc12. The Morgan fingerprint density at radius 1 is 1.42 bits per heavy atom. The quantitative estimate of drug-likeness (QED) is 0.643. The Morgan fingerprint density at radius 3 is 2.83 bits per heavy atom. The van der Waals surface area contributed by atoms with Crippen molar-refractivity contribution in [3.05, 3.63) is 16.4 Å². The zero-order valence-electron chi connectivity index (χ0n) is 6.14. The molecule has 0 N–H and O–H groups in total. The highest BCUT2D eigenvalue weighted by atomic mass is 79.9. The highest BCUT2D eigenvalue weighted by molar-refractivity contribution is 9.10. The van der Waals surface area contributed by atoms with E-state index in [4.69, 9.17) is 0 Å². The van der Waals surface area contributed by atoms with Crippen LogP contribution in [0.3, 0.4) is 0 Å². The molecule has 12 heavy (non-hydrogen) atoms. The van der Waals surface area contributed by atoms with Gasteiger partial charge >= 0.3 is 0 Å². The van der Waals surface area contributed by atoms with E-state index in [-0.39, 0.29) is 5.82 Å². The molecule has 0 saturated heterocycles. The molecule has 1 aromatic heterocycles. The monoisotopic (exact) mass is 244 g/mol. The predicted molar refractivity (Wildman–Crippen MR) is 53.3 cm³/mol. The van der Waals surface area contributed by atoms with Crippen LogP contribution in [0, 0.1) is 5.82 Å². The summed E-state index contributed by atoms with van der Waals surface area (Å²) in [5.74, 6) is -0.248. The minimum atomic E-state index is -0.248. The molecule has 0 aliphatic rings. The minimum absolute atomic E-state index is 0.248. The van der Waals surface area contributed by atoms with Crippen molar-refractivity contribution in [1.82, 2.24) is 8.75 Å². The van der Waals surface area contributed by atoms with Crippen LogP contribution < -0.4 is 5.46 Å². The molecule has 2 aromatic rings. The molecule has 2 rings (SSSR count). The molecule has 0 spiro atoms. The molecule has 60 valence electrons. The third kappa shape index (κ3) is 1.06. The lowest BCUT2D eigenvalue weighted by Gasteiger charge is -1.97. The molecule has 0 atom stereocenters. The van der Waals surface area contributed by atoms with Crippen LogP contribution in [0.2, 0.25) is 0 Å². The first-order valence-electron chi connectivity index (χ1n) is 3.27. The second-order valence-electron chi connectivity index (χ2n) is 2.43. The summed E-state index contributed by atoms with van der Waals surface area (Å²) in [6, 6.07) is 1.42. The Bertz CT molecular complexity index is 444. The fourth-order valence-electron chi connectivity index (χ4n) is 0.992. The Labute approximate surface area is 81.7 Å². The first kappa shape index (κ1) is 8.13. The van der Waals surface area contributed by atoms with Crippen LogP contribution in [0.1, 0.15) is 0 Å². The van der Waals surface area contributed by atoms with Gasteiger partial charge in [-0.25, -0.2) is 4.39 Å². The van der Waals surface area contributed by atoms with Crippen molar-refractivity contribution in [2.75, 3.05) is 0 Å². The standard InChI is InChI=1S/C6H3BBrFN2S/c7-4-3(9)1-2(8)5-6(4)11-12-10-5/h1H,7H2. The van der Waals surface area contributed by atoms with Crippen LogP contribution in [0.25, 0.3) is 11.0 Å². The van der Waals surface area contributed by atoms with Gasteiger partial charge in [-0.05, 0) is 27.5 Å². The maximum atomic E-state index is 13.1. The minimum Gasteiger partial charge on any atom is -0.208 e. The van der Waals surface area contributed by atoms with Gasteiger partial charge in [-0.15, -0.1) is 0 Å². The summed E-state index contributed by atoms with van der Waals surface area (Å²) in [5, 5.41) is 0. The number of hydrogen-bond donors (Lipinski definition) is 0. The molecule has 1 aromatic carbocycles. The van der Waals surface area contributed by atoms with E-state index < -0.39 is 0 Å². The van der Waals surface area contributed by atoms with E-state index in [1.165, 1.54) is 6.07 Å². The van der Waals surface area contributed by atoms with E-state index in [1.807, 2.05) is 0 Å². The van der Waals surface area contributed by atoms with E-state index in [2.05, 4.69) is 24.7 Å². The molecule has 0 radical (unpaired) electrons. The lowest BCUT2D eigenvalue weighted by Crippen LogP contribution is -2.09. The number of fused-ring (bicyclic) bond motifs is 1. The largest absolute Gasteiger partial charge is 0.208 e. The van der Waals surface area contributed by atoms with Crippen LogP contribution in [-0.4, -0.2) is 16.6 Å². The fraction of sp³-hybridized carbons (Fsp3) is 0. The number of halogens is 2. The first-order chi connectivity index (χ1) is 5.70. The summed E-state index contributed by atoms with van der Waals surface area (Å²) < 4.78 is 21.8. The van der Waals surface area contributed by atoms with E-state index >= 15 is 0 Å². The van der Waals surface area contributed by atoms with Crippen LogP contribution in [0.5, 0.6) is 0 Å². The van der Waals surface area contributed by atoms with Crippen LogP contribution >= 0.6 is 27.7 Å². The zero-order chi connectivity index (χ0) is 8.72. The van der Waals surface area contributed by atoms with Gasteiger partial charge in [0, 0.05) is 4.47 Å². The molecule has 0 bridgehead atoms. The topological polar surface area (TPSA) is 25.8 Å². The summed E-state index contributed by atoms with van der Waals surface area (Å²) in [7, 11) is 1.70. The molecule has 0 aliphatic carbocycles. The number of rotatable bonds is 0. The Balaban J connectivity index is 2.97. The molecule has 0 aliphatic heterocycles. The average Bonchev–Trinajstić information content (AvgIpc) is 2.48. The van der Waals surface area contributed by atoms with Gasteiger partial charge in [0.05, 0.1) is 11.7 Å². The Hall–Kier alpha value is -0.485. The molecule has 1 heterocycles. The lowest BCUT2D eigenvalue weighted by atomic mass is 9.94. The molecule has 0 fully saturated rings. The summed E-state index contributed by atoms with van der Waals surface area (Å²) in [6.07, 6.45) is 0. The van der Waals surface area contributed by atoms with Gasteiger partial charge in [-0.1, -0.05) is 0 Å². The third-order valence-electron chi connectivity index (χ3n) is 1.68. The highest BCUT2D eigenvalue weighted by Gasteiger charge is 2.10. The number of hydrogen-bond acceptors (Lipinski definition) is 3. The van der Waals surface area contributed by atoms with E-state index in [0.717, 1.165) is 17.2 Å². The number of aromatic nitrogens is 2. The molecule has 0 saturated carbocycles. The van der Waals surface area contributed by atoms with Crippen LogP contribution in [-0.2, 0) is 0 Å². The Kier molecular flexibility index (Phi) is 1.88. The second-order valence-corrected chi connectivity index (χ2v) is 3.81. The van der Waals surface area contributed by atoms with E-state index in [9.17, 15) is 4.39 Å². The normalized spacial score (nSPS) is 10.8. The van der Waals surface area contributed by atoms with Gasteiger partial charge in [-0.3, -0.25) is 0 Å². The highest BCUT2D eigenvalue weighted by Crippen LogP contribution is 2.21. The average molecular weight is 245 g/mol. The van der Waals surface area contributed by atoms with E-state index in [0.29, 0.717) is 15.5 Å². The van der Waals surface area contributed by atoms with Crippen molar-refractivity contribution in [2.24, 2.45) is 0 Å². The first-order valence-corrected chi connectivity index (χ1v) is 4.79. The maximum Gasteiger partial charge on any atom is 0.146 e. The van der Waals surface area contributed by atoms with E-state index in [1.54, 1.807) is 7.85 Å².